The summed E-state index contributed by atoms with van der Waals surface area (Å²) in [7, 11) is 1.22. The number of nitrogens with one attached hydrogen (secondary N) is 2. The molecule has 1 amide bonds. The maximum absolute atomic E-state index is 11.2. The summed E-state index contributed by atoms with van der Waals surface area (Å²) in [4.78, 5) is 25.4. The summed E-state index contributed by atoms with van der Waals surface area (Å²) in [6.45, 7) is -0.226. The van der Waals surface area contributed by atoms with Crippen LogP contribution in [0.3, 0.4) is 0 Å². The summed E-state index contributed by atoms with van der Waals surface area (Å²) >= 11 is 0. The highest BCUT2D eigenvalue weighted by molar-refractivity contribution is 5.92. The van der Waals surface area contributed by atoms with Crippen molar-refractivity contribution in [1.82, 2.24) is 20.5 Å². The second kappa shape index (κ2) is 4.21. The van der Waals surface area contributed by atoms with Crippen LogP contribution in [-0.4, -0.2) is 40.7 Å². The Kier molecular flexibility index (Phi) is 3.00. The number of nitrogens with two attached hydrogens (primary N) is 1. The van der Waals surface area contributed by atoms with Crippen LogP contribution in [0.5, 0.6) is 0 Å². The molecule has 1 aromatic heterocycles. The number of aromatic nitrogens is 3. The van der Waals surface area contributed by atoms with Gasteiger partial charge in [-0.1, -0.05) is 0 Å². The molecule has 1 heterocycles. The van der Waals surface area contributed by atoms with Crippen LogP contribution in [0.25, 0.3) is 0 Å². The molecule has 0 fully saturated rings. The molecule has 0 unspecified atom stereocenters. The molecular weight excluding hydrogens is 190 g/mol. The Bertz CT molecular complexity index is 347. The normalized spacial score (nSPS) is 9.50. The Labute approximate surface area is 78.8 Å². The van der Waals surface area contributed by atoms with Crippen molar-refractivity contribution in [2.24, 2.45) is 0 Å². The summed E-state index contributed by atoms with van der Waals surface area (Å²) in [6, 6.07) is 0. The van der Waals surface area contributed by atoms with Crippen molar-refractivity contribution < 1.29 is 14.3 Å². The van der Waals surface area contributed by atoms with Gasteiger partial charge in [0.05, 0.1) is 7.11 Å². The van der Waals surface area contributed by atoms with E-state index in [1.807, 2.05) is 0 Å². The largest absolute Gasteiger partial charge is 0.468 e. The summed E-state index contributed by atoms with van der Waals surface area (Å²) in [5.41, 5.74) is 5.17. The first kappa shape index (κ1) is 9.96. The van der Waals surface area contributed by atoms with Crippen LogP contribution in [-0.2, 0) is 9.53 Å². The Morgan fingerprint density at radius 1 is 1.64 bits per heavy atom. The molecule has 8 nitrogen and oxygen atoms in total. The molecule has 1 rings (SSSR count). The monoisotopic (exact) mass is 199 g/mol. The van der Waals surface area contributed by atoms with Crippen LogP contribution in [0.1, 0.15) is 10.6 Å². The van der Waals surface area contributed by atoms with Gasteiger partial charge in [0.1, 0.15) is 6.54 Å². The Balaban J connectivity index is 2.47. The summed E-state index contributed by atoms with van der Waals surface area (Å²) in [5, 5.41) is 8.01. The molecule has 1 aromatic rings. The van der Waals surface area contributed by atoms with Gasteiger partial charge in [-0.2, -0.15) is 4.98 Å². The zero-order chi connectivity index (χ0) is 10.6. The standard InChI is InChI=1S/C6H9N5O3/c1-14-3(12)2-8-5(13)4-9-6(7)11-10-4/h2H2,1H3,(H,8,13)(H3,7,9,10,11). The minimum absolute atomic E-state index is 0.0341. The minimum Gasteiger partial charge on any atom is -0.468 e. The number of nitrogen functional groups attached to an aromatic ring is 1. The van der Waals surface area contributed by atoms with Crippen LogP contribution in [0, 0.1) is 0 Å². The summed E-state index contributed by atoms with van der Waals surface area (Å²) in [5.74, 6) is -1.20. The number of anilines is 1. The van der Waals surface area contributed by atoms with Gasteiger partial charge in [0.25, 0.3) is 5.91 Å². The first-order valence-electron chi connectivity index (χ1n) is 3.66. The third-order valence-electron chi connectivity index (χ3n) is 1.34. The maximum atomic E-state index is 11.2. The molecule has 0 aliphatic carbocycles. The number of H-pyrrole nitrogens is 1. The average Bonchev–Trinajstić information content (AvgIpc) is 2.60. The number of carbonyl (C=O) groups is 2. The molecule has 0 bridgehead atoms. The Hall–Kier alpha value is -2.12. The number of rotatable bonds is 3. The summed E-state index contributed by atoms with van der Waals surface area (Å²) in [6.07, 6.45) is 0. The van der Waals surface area contributed by atoms with E-state index in [-0.39, 0.29) is 18.3 Å². The fraction of sp³-hybridized carbons (Fsp3) is 0.333. The smallest absolute Gasteiger partial charge is 0.325 e. The van der Waals surface area contributed by atoms with E-state index in [4.69, 9.17) is 5.73 Å². The first-order valence-corrected chi connectivity index (χ1v) is 3.66. The molecule has 0 saturated heterocycles. The van der Waals surface area contributed by atoms with E-state index in [9.17, 15) is 9.59 Å². The van der Waals surface area contributed by atoms with Crippen molar-refractivity contribution in [1.29, 1.82) is 0 Å². The predicted molar refractivity (Wildman–Crippen MR) is 45.1 cm³/mol. The number of methoxy groups -OCH3 is 1. The first-order chi connectivity index (χ1) is 6.63. The number of amides is 1. The number of aromatic amines is 1. The molecule has 0 radical (unpaired) electrons. The van der Waals surface area contributed by atoms with E-state index in [2.05, 4.69) is 25.2 Å². The van der Waals surface area contributed by atoms with Crippen LogP contribution < -0.4 is 11.1 Å². The van der Waals surface area contributed by atoms with E-state index in [0.29, 0.717) is 0 Å². The van der Waals surface area contributed by atoms with E-state index in [1.54, 1.807) is 0 Å². The molecule has 0 spiro atoms. The second-order valence-corrected chi connectivity index (χ2v) is 2.30. The second-order valence-electron chi connectivity index (χ2n) is 2.30. The molecule has 0 saturated carbocycles. The van der Waals surface area contributed by atoms with Gasteiger partial charge in [0, 0.05) is 0 Å². The SMILES string of the molecule is COC(=O)CNC(=O)c1nc(N)n[nH]1. The Morgan fingerprint density at radius 2 is 2.36 bits per heavy atom. The molecule has 76 valence electrons. The van der Waals surface area contributed by atoms with Gasteiger partial charge in [-0.25, -0.2) is 0 Å². The lowest BCUT2D eigenvalue weighted by Crippen LogP contribution is -2.30. The Morgan fingerprint density at radius 3 is 2.86 bits per heavy atom. The molecule has 4 N–H and O–H groups in total. The maximum Gasteiger partial charge on any atom is 0.325 e. The topological polar surface area (TPSA) is 123 Å². The number of hydrogen-bond acceptors (Lipinski definition) is 6. The lowest BCUT2D eigenvalue weighted by Gasteiger charge is -1.99. The number of ether oxygens (including phenoxy) is 1. The third kappa shape index (κ3) is 2.44. The quantitative estimate of drug-likeness (QED) is 0.498. The zero-order valence-corrected chi connectivity index (χ0v) is 7.40. The van der Waals surface area contributed by atoms with E-state index < -0.39 is 11.9 Å². The molecule has 0 aliphatic rings. The van der Waals surface area contributed by atoms with Crippen molar-refractivity contribution in [2.75, 3.05) is 19.4 Å². The molecular formula is C6H9N5O3. The van der Waals surface area contributed by atoms with E-state index in [0.717, 1.165) is 0 Å². The highest BCUT2D eigenvalue weighted by atomic mass is 16.5. The van der Waals surface area contributed by atoms with Gasteiger partial charge < -0.3 is 15.8 Å². The fourth-order valence-electron chi connectivity index (χ4n) is 0.685. The number of hydrogen-bond donors (Lipinski definition) is 3. The average molecular weight is 199 g/mol. The van der Waals surface area contributed by atoms with Gasteiger partial charge in [-0.15, -0.1) is 5.10 Å². The van der Waals surface area contributed by atoms with Crippen molar-refractivity contribution >= 4 is 17.8 Å². The molecule has 0 atom stereocenters. The van der Waals surface area contributed by atoms with Crippen LogP contribution >= 0.6 is 0 Å². The van der Waals surface area contributed by atoms with Crippen LogP contribution in [0.2, 0.25) is 0 Å². The van der Waals surface area contributed by atoms with Gasteiger partial charge in [-0.05, 0) is 0 Å². The highest BCUT2D eigenvalue weighted by Gasteiger charge is 2.11. The van der Waals surface area contributed by atoms with Crippen molar-refractivity contribution in [3.8, 4) is 0 Å². The number of nitrogens with zero attached hydrogens (tertiary/aromatic N) is 2. The molecule has 0 aliphatic heterocycles. The molecule has 0 aromatic carbocycles. The van der Waals surface area contributed by atoms with Crippen molar-refractivity contribution in [3.63, 3.8) is 0 Å². The summed E-state index contributed by atoms with van der Waals surface area (Å²) < 4.78 is 4.32. The minimum atomic E-state index is -0.570. The highest BCUT2D eigenvalue weighted by Crippen LogP contribution is 1.91. The number of esters is 1. The number of carbonyl (C=O) groups excluding carboxylic acids is 2. The van der Waals surface area contributed by atoms with Gasteiger partial charge in [-0.3, -0.25) is 14.7 Å². The molecule has 14 heavy (non-hydrogen) atoms. The van der Waals surface area contributed by atoms with Gasteiger partial charge in [0.2, 0.25) is 11.8 Å². The lowest BCUT2D eigenvalue weighted by atomic mass is 10.5. The van der Waals surface area contributed by atoms with Crippen molar-refractivity contribution in [3.05, 3.63) is 5.82 Å². The fourth-order valence-corrected chi connectivity index (χ4v) is 0.685. The van der Waals surface area contributed by atoms with Gasteiger partial charge >= 0.3 is 5.97 Å². The lowest BCUT2D eigenvalue weighted by molar-refractivity contribution is -0.139. The van der Waals surface area contributed by atoms with Gasteiger partial charge in [0.15, 0.2) is 0 Å². The molecule has 8 heteroatoms. The third-order valence-corrected chi connectivity index (χ3v) is 1.34. The van der Waals surface area contributed by atoms with E-state index in [1.165, 1.54) is 7.11 Å². The zero-order valence-electron chi connectivity index (χ0n) is 7.40. The van der Waals surface area contributed by atoms with Crippen molar-refractivity contribution in [2.45, 2.75) is 0 Å². The predicted octanol–water partition coefficient (Wildman–Crippen LogP) is -1.71. The van der Waals surface area contributed by atoms with E-state index >= 15 is 0 Å². The van der Waals surface area contributed by atoms with Crippen LogP contribution in [0.4, 0.5) is 5.95 Å². The van der Waals surface area contributed by atoms with Crippen LogP contribution in [0.15, 0.2) is 0 Å².